The molecule has 0 aliphatic carbocycles. The molecule has 0 unspecified atom stereocenters. The Morgan fingerprint density at radius 1 is 1.61 bits per heavy atom. The van der Waals surface area contributed by atoms with Crippen LogP contribution in [0.25, 0.3) is 10.7 Å². The van der Waals surface area contributed by atoms with Gasteiger partial charge in [0, 0.05) is 13.0 Å². The Morgan fingerprint density at radius 3 is 3.22 bits per heavy atom. The molecule has 0 atom stereocenters. The highest BCUT2D eigenvalue weighted by Crippen LogP contribution is 2.21. The Bertz CT molecular complexity index is 495. The van der Waals surface area contributed by atoms with Crippen LogP contribution in [0.1, 0.15) is 12.8 Å². The average molecular weight is 267 g/mol. The maximum Gasteiger partial charge on any atom is 0.407 e. The fourth-order valence-corrected chi connectivity index (χ4v) is 1.97. The summed E-state index contributed by atoms with van der Waals surface area (Å²) in [5.41, 5.74) is 0. The number of carbonyl (C=O) groups is 1. The summed E-state index contributed by atoms with van der Waals surface area (Å²) in [6, 6.07) is 3.86. The molecule has 0 fully saturated rings. The van der Waals surface area contributed by atoms with Crippen LogP contribution < -0.4 is 5.32 Å². The first-order valence-corrected chi connectivity index (χ1v) is 6.44. The zero-order valence-corrected chi connectivity index (χ0v) is 10.7. The van der Waals surface area contributed by atoms with Crippen LogP contribution in [-0.2, 0) is 11.2 Å². The van der Waals surface area contributed by atoms with Crippen molar-refractivity contribution in [2.75, 3.05) is 13.2 Å². The lowest BCUT2D eigenvalue weighted by Gasteiger charge is -2.02. The summed E-state index contributed by atoms with van der Waals surface area (Å²) in [6.07, 6.45) is 0.0486. The van der Waals surface area contributed by atoms with Crippen molar-refractivity contribution in [1.29, 1.82) is 0 Å². The minimum atomic E-state index is -0.435. The molecular formula is C11H13N3O3S. The van der Waals surface area contributed by atoms with E-state index < -0.39 is 6.09 Å². The third-order valence-electron chi connectivity index (χ3n) is 2.09. The van der Waals surface area contributed by atoms with Crippen molar-refractivity contribution in [2.24, 2.45) is 0 Å². The van der Waals surface area contributed by atoms with Gasteiger partial charge in [0.15, 0.2) is 0 Å². The van der Waals surface area contributed by atoms with Crippen LogP contribution >= 0.6 is 11.3 Å². The molecule has 0 aromatic carbocycles. The summed E-state index contributed by atoms with van der Waals surface area (Å²) in [5, 5.41) is 8.41. The molecule has 1 N–H and O–H groups in total. The van der Waals surface area contributed by atoms with Crippen LogP contribution in [0.2, 0.25) is 0 Å². The second-order valence-electron chi connectivity index (χ2n) is 3.39. The number of amides is 1. The third-order valence-corrected chi connectivity index (χ3v) is 2.96. The smallest absolute Gasteiger partial charge is 0.407 e. The van der Waals surface area contributed by atoms with E-state index in [4.69, 9.17) is 9.26 Å². The molecule has 2 rings (SSSR count). The summed E-state index contributed by atoms with van der Waals surface area (Å²) in [6.45, 7) is 2.52. The van der Waals surface area contributed by atoms with Gasteiger partial charge in [0.25, 0.3) is 0 Å². The van der Waals surface area contributed by atoms with Gasteiger partial charge < -0.3 is 14.6 Å². The highest BCUT2D eigenvalue weighted by atomic mass is 32.1. The van der Waals surface area contributed by atoms with Crippen LogP contribution in [0.5, 0.6) is 0 Å². The molecule has 18 heavy (non-hydrogen) atoms. The maximum atomic E-state index is 11.0. The number of ether oxygens (including phenoxy) is 1. The maximum absolute atomic E-state index is 11.0. The second kappa shape index (κ2) is 6.15. The van der Waals surface area contributed by atoms with E-state index in [-0.39, 0.29) is 0 Å². The lowest BCUT2D eigenvalue weighted by Crippen LogP contribution is -2.26. The topological polar surface area (TPSA) is 77.2 Å². The molecule has 7 heteroatoms. The summed E-state index contributed by atoms with van der Waals surface area (Å²) in [4.78, 5) is 16.2. The van der Waals surface area contributed by atoms with Crippen LogP contribution in [0.4, 0.5) is 4.79 Å². The fourth-order valence-electron chi connectivity index (χ4n) is 1.32. The summed E-state index contributed by atoms with van der Waals surface area (Å²) >= 11 is 1.55. The molecule has 0 bridgehead atoms. The van der Waals surface area contributed by atoms with E-state index in [2.05, 4.69) is 15.5 Å². The van der Waals surface area contributed by atoms with Gasteiger partial charge in [-0.05, 0) is 18.4 Å². The number of thiophene rings is 1. The van der Waals surface area contributed by atoms with Gasteiger partial charge in [-0.25, -0.2) is 4.79 Å². The molecule has 2 heterocycles. The molecule has 96 valence electrons. The zero-order valence-electron chi connectivity index (χ0n) is 9.88. The van der Waals surface area contributed by atoms with E-state index in [1.54, 1.807) is 18.3 Å². The number of carbonyl (C=O) groups excluding carboxylic acids is 1. The minimum Gasteiger partial charge on any atom is -0.450 e. The highest BCUT2D eigenvalue weighted by molar-refractivity contribution is 7.13. The van der Waals surface area contributed by atoms with Crippen molar-refractivity contribution >= 4 is 17.4 Å². The van der Waals surface area contributed by atoms with Crippen molar-refractivity contribution in [2.45, 2.75) is 13.3 Å². The van der Waals surface area contributed by atoms with Gasteiger partial charge in [-0.3, -0.25) is 0 Å². The number of hydrogen-bond donors (Lipinski definition) is 1. The van der Waals surface area contributed by atoms with Crippen molar-refractivity contribution in [3.8, 4) is 10.7 Å². The number of nitrogens with zero attached hydrogens (tertiary/aromatic N) is 2. The molecule has 1 amide bonds. The summed E-state index contributed by atoms with van der Waals surface area (Å²) in [7, 11) is 0. The number of hydrogen-bond acceptors (Lipinski definition) is 6. The predicted molar refractivity (Wildman–Crippen MR) is 66.3 cm³/mol. The molecule has 0 saturated heterocycles. The Labute approximate surface area is 108 Å². The molecular weight excluding hydrogens is 254 g/mol. The molecule has 0 radical (unpaired) electrons. The monoisotopic (exact) mass is 267 g/mol. The summed E-state index contributed by atoms with van der Waals surface area (Å²) in [5.74, 6) is 1.08. The number of alkyl carbamates (subject to hydrolysis) is 1. The second-order valence-corrected chi connectivity index (χ2v) is 4.33. The number of aromatic nitrogens is 2. The van der Waals surface area contributed by atoms with Crippen LogP contribution in [0.3, 0.4) is 0 Å². The normalized spacial score (nSPS) is 10.3. The van der Waals surface area contributed by atoms with Gasteiger partial charge >= 0.3 is 6.09 Å². The highest BCUT2D eigenvalue weighted by Gasteiger charge is 2.09. The Hall–Kier alpha value is -1.89. The summed E-state index contributed by atoms with van der Waals surface area (Å²) < 4.78 is 9.81. The average Bonchev–Trinajstić information content (AvgIpc) is 2.99. The van der Waals surface area contributed by atoms with Gasteiger partial charge in [0.2, 0.25) is 11.7 Å². The first-order valence-electron chi connectivity index (χ1n) is 5.56. The van der Waals surface area contributed by atoms with Crippen LogP contribution in [0, 0.1) is 0 Å². The van der Waals surface area contributed by atoms with Crippen molar-refractivity contribution in [1.82, 2.24) is 15.5 Å². The van der Waals surface area contributed by atoms with Gasteiger partial charge in [0.05, 0.1) is 11.5 Å². The lowest BCUT2D eigenvalue weighted by atomic mass is 10.4. The molecule has 2 aromatic heterocycles. The standard InChI is InChI=1S/C11H13N3O3S/c1-2-16-11(15)12-6-5-9-13-10(14-17-9)8-4-3-7-18-8/h3-4,7H,2,5-6H2,1H3,(H,12,15). The molecule has 0 aliphatic heterocycles. The van der Waals surface area contributed by atoms with E-state index in [9.17, 15) is 4.79 Å². The van der Waals surface area contributed by atoms with Crippen molar-refractivity contribution in [3.63, 3.8) is 0 Å². The molecule has 0 spiro atoms. The van der Waals surface area contributed by atoms with E-state index in [0.717, 1.165) is 4.88 Å². The number of nitrogens with one attached hydrogen (secondary N) is 1. The van der Waals surface area contributed by atoms with Crippen LogP contribution in [-0.4, -0.2) is 29.4 Å². The predicted octanol–water partition coefficient (Wildman–Crippen LogP) is 2.09. The Balaban J connectivity index is 1.82. The molecule has 6 nitrogen and oxygen atoms in total. The third kappa shape index (κ3) is 3.30. The Kier molecular flexibility index (Phi) is 4.30. The number of rotatable bonds is 5. The van der Waals surface area contributed by atoms with E-state index >= 15 is 0 Å². The lowest BCUT2D eigenvalue weighted by molar-refractivity contribution is 0.152. The zero-order chi connectivity index (χ0) is 12.8. The van der Waals surface area contributed by atoms with Gasteiger partial charge in [-0.1, -0.05) is 11.2 Å². The largest absolute Gasteiger partial charge is 0.450 e. The van der Waals surface area contributed by atoms with Crippen molar-refractivity contribution < 1.29 is 14.1 Å². The quantitative estimate of drug-likeness (QED) is 0.897. The fraction of sp³-hybridized carbons (Fsp3) is 0.364. The van der Waals surface area contributed by atoms with E-state index in [0.29, 0.717) is 31.3 Å². The van der Waals surface area contributed by atoms with Gasteiger partial charge in [-0.2, -0.15) is 4.98 Å². The molecule has 0 aliphatic rings. The molecule has 2 aromatic rings. The van der Waals surface area contributed by atoms with Crippen LogP contribution in [0.15, 0.2) is 22.0 Å². The van der Waals surface area contributed by atoms with E-state index in [1.807, 2.05) is 17.5 Å². The first kappa shape index (κ1) is 12.6. The minimum absolute atomic E-state index is 0.356. The van der Waals surface area contributed by atoms with Gasteiger partial charge in [0.1, 0.15) is 0 Å². The first-order chi connectivity index (χ1) is 8.79. The SMILES string of the molecule is CCOC(=O)NCCc1nc(-c2cccs2)no1. The van der Waals surface area contributed by atoms with E-state index in [1.165, 1.54) is 0 Å². The Morgan fingerprint density at radius 2 is 2.50 bits per heavy atom. The molecule has 0 saturated carbocycles. The van der Waals surface area contributed by atoms with Crippen molar-refractivity contribution in [3.05, 3.63) is 23.4 Å². The van der Waals surface area contributed by atoms with Gasteiger partial charge in [-0.15, -0.1) is 11.3 Å².